The minimum absolute atomic E-state index is 0.166. The molecule has 1 aromatic heterocycles. The Hall–Kier alpha value is -0.960. The van der Waals surface area contributed by atoms with Gasteiger partial charge in [-0.2, -0.15) is 0 Å². The molecule has 3 heteroatoms. The first-order valence-electron chi connectivity index (χ1n) is 6.92. The van der Waals surface area contributed by atoms with E-state index in [4.69, 9.17) is 0 Å². The number of aromatic nitrogens is 1. The molecule has 0 bridgehead atoms. The predicted octanol–water partition coefficient (Wildman–Crippen LogP) is 3.70. The van der Waals surface area contributed by atoms with Crippen LogP contribution in [0.5, 0.6) is 0 Å². The molecule has 18 heavy (non-hydrogen) atoms. The van der Waals surface area contributed by atoms with Gasteiger partial charge in [0.05, 0.1) is 6.20 Å². The fourth-order valence-electron chi connectivity index (χ4n) is 2.81. The Labute approximate surface area is 109 Å². The van der Waals surface area contributed by atoms with E-state index in [2.05, 4.69) is 31.1 Å². The summed E-state index contributed by atoms with van der Waals surface area (Å²) in [6.07, 6.45) is 6.72. The number of halogens is 1. The van der Waals surface area contributed by atoms with Crippen molar-refractivity contribution < 1.29 is 4.39 Å². The van der Waals surface area contributed by atoms with Gasteiger partial charge in [0.25, 0.3) is 0 Å². The van der Waals surface area contributed by atoms with Gasteiger partial charge in [-0.25, -0.2) is 4.39 Å². The minimum Gasteiger partial charge on any atom is -0.307 e. The SMILES string of the molecule is CC(NC1CCC(C)C(C)C1)c1cncc(F)c1. The second kappa shape index (κ2) is 5.79. The van der Waals surface area contributed by atoms with Crippen molar-refractivity contribution in [1.29, 1.82) is 0 Å². The standard InChI is InChI=1S/C15H23FN2/c1-10-4-5-15(6-11(10)2)18-12(3)13-7-14(16)9-17-8-13/h7-12,15,18H,4-6H2,1-3H3. The summed E-state index contributed by atoms with van der Waals surface area (Å²) in [6, 6.07) is 2.28. The van der Waals surface area contributed by atoms with Gasteiger partial charge in [0.1, 0.15) is 5.82 Å². The molecule has 0 saturated heterocycles. The van der Waals surface area contributed by atoms with Crippen LogP contribution in [0.3, 0.4) is 0 Å². The minimum atomic E-state index is -0.258. The molecular weight excluding hydrogens is 227 g/mol. The van der Waals surface area contributed by atoms with Gasteiger partial charge < -0.3 is 5.32 Å². The van der Waals surface area contributed by atoms with Crippen molar-refractivity contribution in [3.8, 4) is 0 Å². The maximum Gasteiger partial charge on any atom is 0.141 e. The van der Waals surface area contributed by atoms with Crippen LogP contribution in [0, 0.1) is 17.7 Å². The maximum atomic E-state index is 13.1. The zero-order valence-corrected chi connectivity index (χ0v) is 11.5. The van der Waals surface area contributed by atoms with Crippen LogP contribution < -0.4 is 5.32 Å². The zero-order chi connectivity index (χ0) is 13.1. The van der Waals surface area contributed by atoms with Crippen LogP contribution in [-0.2, 0) is 0 Å². The van der Waals surface area contributed by atoms with E-state index in [9.17, 15) is 4.39 Å². The van der Waals surface area contributed by atoms with Crippen molar-refractivity contribution in [3.05, 3.63) is 29.8 Å². The fraction of sp³-hybridized carbons (Fsp3) is 0.667. The molecule has 1 fully saturated rings. The molecule has 1 heterocycles. The third-order valence-electron chi connectivity index (χ3n) is 4.31. The molecule has 1 saturated carbocycles. The lowest BCUT2D eigenvalue weighted by Gasteiger charge is -2.34. The van der Waals surface area contributed by atoms with Crippen LogP contribution >= 0.6 is 0 Å². The Balaban J connectivity index is 1.93. The summed E-state index contributed by atoms with van der Waals surface area (Å²) in [5.41, 5.74) is 0.932. The van der Waals surface area contributed by atoms with Crippen molar-refractivity contribution in [3.63, 3.8) is 0 Å². The molecule has 100 valence electrons. The van der Waals surface area contributed by atoms with Gasteiger partial charge >= 0.3 is 0 Å². The van der Waals surface area contributed by atoms with E-state index in [0.29, 0.717) is 6.04 Å². The molecular formula is C15H23FN2. The summed E-state index contributed by atoms with van der Waals surface area (Å²) in [7, 11) is 0. The van der Waals surface area contributed by atoms with Crippen LogP contribution in [0.15, 0.2) is 18.5 Å². The first-order valence-corrected chi connectivity index (χ1v) is 6.92. The Kier molecular flexibility index (Phi) is 4.33. The van der Waals surface area contributed by atoms with Crippen LogP contribution in [-0.4, -0.2) is 11.0 Å². The average Bonchev–Trinajstić information content (AvgIpc) is 2.34. The lowest BCUT2D eigenvalue weighted by atomic mass is 9.79. The average molecular weight is 250 g/mol. The third-order valence-corrected chi connectivity index (χ3v) is 4.31. The lowest BCUT2D eigenvalue weighted by molar-refractivity contribution is 0.217. The molecule has 2 nitrogen and oxygen atoms in total. The highest BCUT2D eigenvalue weighted by molar-refractivity contribution is 5.14. The smallest absolute Gasteiger partial charge is 0.141 e. The third kappa shape index (κ3) is 3.29. The second-order valence-corrected chi connectivity index (χ2v) is 5.79. The molecule has 0 radical (unpaired) electrons. The topological polar surface area (TPSA) is 24.9 Å². The normalized spacial score (nSPS) is 30.1. The zero-order valence-electron chi connectivity index (χ0n) is 11.5. The number of rotatable bonds is 3. The molecule has 1 aliphatic rings. The van der Waals surface area contributed by atoms with Gasteiger partial charge in [-0.15, -0.1) is 0 Å². The first kappa shape index (κ1) is 13.5. The van der Waals surface area contributed by atoms with Gasteiger partial charge in [-0.1, -0.05) is 13.8 Å². The van der Waals surface area contributed by atoms with Crippen molar-refractivity contribution in [2.75, 3.05) is 0 Å². The molecule has 1 aromatic rings. The van der Waals surface area contributed by atoms with Crippen LogP contribution in [0.25, 0.3) is 0 Å². The van der Waals surface area contributed by atoms with E-state index < -0.39 is 0 Å². The number of hydrogen-bond acceptors (Lipinski definition) is 2. The summed E-state index contributed by atoms with van der Waals surface area (Å²) in [6.45, 7) is 6.74. The highest BCUT2D eigenvalue weighted by Crippen LogP contribution is 2.30. The Morgan fingerprint density at radius 2 is 2.06 bits per heavy atom. The van der Waals surface area contributed by atoms with Crippen molar-refractivity contribution in [2.24, 2.45) is 11.8 Å². The lowest BCUT2D eigenvalue weighted by Crippen LogP contribution is -2.37. The first-order chi connectivity index (χ1) is 8.56. The molecule has 2 rings (SSSR count). The highest BCUT2D eigenvalue weighted by Gasteiger charge is 2.25. The maximum absolute atomic E-state index is 13.1. The highest BCUT2D eigenvalue weighted by atomic mass is 19.1. The molecule has 0 aromatic carbocycles. The summed E-state index contributed by atoms with van der Waals surface area (Å²) in [5, 5.41) is 3.61. The predicted molar refractivity (Wildman–Crippen MR) is 71.7 cm³/mol. The van der Waals surface area contributed by atoms with E-state index in [1.54, 1.807) is 12.3 Å². The summed E-state index contributed by atoms with van der Waals surface area (Å²) in [5.74, 6) is 1.34. The number of pyridine rings is 1. The molecule has 4 atom stereocenters. The quantitative estimate of drug-likeness (QED) is 0.885. The van der Waals surface area contributed by atoms with Crippen molar-refractivity contribution in [2.45, 2.75) is 52.1 Å². The van der Waals surface area contributed by atoms with E-state index in [1.807, 2.05) is 0 Å². The van der Waals surface area contributed by atoms with Gasteiger partial charge in [0.2, 0.25) is 0 Å². The molecule has 4 unspecified atom stereocenters. The van der Waals surface area contributed by atoms with E-state index in [-0.39, 0.29) is 11.9 Å². The Morgan fingerprint density at radius 3 is 2.72 bits per heavy atom. The van der Waals surface area contributed by atoms with Crippen LogP contribution in [0.1, 0.15) is 51.6 Å². The van der Waals surface area contributed by atoms with Crippen LogP contribution in [0.4, 0.5) is 4.39 Å². The molecule has 0 aliphatic heterocycles. The summed E-state index contributed by atoms with van der Waals surface area (Å²) < 4.78 is 13.1. The summed E-state index contributed by atoms with van der Waals surface area (Å²) in [4.78, 5) is 3.91. The molecule has 1 aliphatic carbocycles. The molecule has 1 N–H and O–H groups in total. The van der Waals surface area contributed by atoms with E-state index in [1.165, 1.54) is 25.5 Å². The van der Waals surface area contributed by atoms with Gasteiger partial charge in [0.15, 0.2) is 0 Å². The largest absolute Gasteiger partial charge is 0.307 e. The Bertz CT molecular complexity index is 394. The second-order valence-electron chi connectivity index (χ2n) is 5.79. The molecule has 0 spiro atoms. The van der Waals surface area contributed by atoms with Gasteiger partial charge in [-0.3, -0.25) is 4.98 Å². The number of nitrogens with one attached hydrogen (secondary N) is 1. The van der Waals surface area contributed by atoms with Crippen molar-refractivity contribution >= 4 is 0 Å². The Morgan fingerprint density at radius 1 is 1.28 bits per heavy atom. The van der Waals surface area contributed by atoms with Gasteiger partial charge in [0, 0.05) is 18.3 Å². The number of hydrogen-bond donors (Lipinski definition) is 1. The number of nitrogens with zero attached hydrogens (tertiary/aromatic N) is 1. The molecule has 0 amide bonds. The fourth-order valence-corrected chi connectivity index (χ4v) is 2.81. The summed E-state index contributed by atoms with van der Waals surface area (Å²) >= 11 is 0. The van der Waals surface area contributed by atoms with E-state index >= 15 is 0 Å². The van der Waals surface area contributed by atoms with Crippen molar-refractivity contribution in [1.82, 2.24) is 10.3 Å². The monoisotopic (exact) mass is 250 g/mol. The van der Waals surface area contributed by atoms with E-state index in [0.717, 1.165) is 17.4 Å². The van der Waals surface area contributed by atoms with Crippen LogP contribution in [0.2, 0.25) is 0 Å². The van der Waals surface area contributed by atoms with Gasteiger partial charge in [-0.05, 0) is 49.7 Å².